The maximum atomic E-state index is 14.7. The molecule has 3 aliphatic heterocycles. The molecule has 2 fully saturated rings. The van der Waals surface area contributed by atoms with Gasteiger partial charge in [-0.2, -0.15) is 0 Å². The van der Waals surface area contributed by atoms with Crippen molar-refractivity contribution in [3.05, 3.63) is 106 Å². The van der Waals surface area contributed by atoms with Gasteiger partial charge in [0.2, 0.25) is 29.5 Å². The molecule has 4 aliphatic rings. The number of carbonyl (C=O) groups excluding carboxylic acids is 9. The maximum absolute atomic E-state index is 14.7. The third-order valence-corrected chi connectivity index (χ3v) is 21.1. The molecule has 0 saturated carbocycles. The van der Waals surface area contributed by atoms with Crippen LogP contribution in [0.4, 0.5) is 21.0 Å². The number of allylic oxidation sites excluding steroid dienone is 3. The first kappa shape index (κ1) is 84.0. The van der Waals surface area contributed by atoms with Gasteiger partial charge in [-0.1, -0.05) is 26.8 Å². The predicted molar refractivity (Wildman–Crippen MR) is 425 cm³/mol. The highest BCUT2D eigenvalue weighted by atomic mass is 32.1. The average Bonchev–Trinajstić information content (AvgIpc) is 1.58. The van der Waals surface area contributed by atoms with E-state index in [0.29, 0.717) is 112 Å². The van der Waals surface area contributed by atoms with Crippen LogP contribution in [0.15, 0.2) is 83.4 Å². The van der Waals surface area contributed by atoms with E-state index in [0.717, 1.165) is 79.8 Å². The molecule has 3 atom stereocenters. The number of aromatic nitrogens is 2. The number of hydrogen-bond donors (Lipinski definition) is 11. The first-order valence-electron chi connectivity index (χ1n) is 38.4. The second kappa shape index (κ2) is 41.2. The molecule has 32 nitrogen and oxygen atoms in total. The van der Waals surface area contributed by atoms with Gasteiger partial charge >= 0.3 is 12.2 Å². The van der Waals surface area contributed by atoms with E-state index < -0.39 is 36.1 Å². The van der Waals surface area contributed by atoms with Crippen molar-refractivity contribution >= 4 is 120 Å². The number of anilines is 2. The summed E-state index contributed by atoms with van der Waals surface area (Å²) in [6.07, 6.45) is 7.64. The monoisotopic (exact) mass is 1570 g/mol. The Morgan fingerprint density at radius 1 is 0.714 bits per heavy atom. The van der Waals surface area contributed by atoms with E-state index >= 15 is 0 Å². The average molecular weight is 1570 g/mol. The van der Waals surface area contributed by atoms with Crippen molar-refractivity contribution in [3.63, 3.8) is 0 Å². The molecule has 0 spiro atoms. The lowest BCUT2D eigenvalue weighted by molar-refractivity contribution is -0.138. The summed E-state index contributed by atoms with van der Waals surface area (Å²) in [6.45, 7) is 14.8. The number of nitrogens with two attached hydrogens (primary N) is 1. The van der Waals surface area contributed by atoms with Gasteiger partial charge < -0.3 is 95.5 Å². The highest BCUT2D eigenvalue weighted by Crippen LogP contribution is 2.50. The number of thiophene rings is 1. The number of guanidine groups is 1. The van der Waals surface area contributed by atoms with Gasteiger partial charge in [0.1, 0.15) is 42.2 Å². The minimum absolute atomic E-state index is 0.00631. The van der Waals surface area contributed by atoms with Crippen molar-refractivity contribution < 1.29 is 76.3 Å². The maximum Gasteiger partial charge on any atom is 0.415 e. The number of benzene rings is 3. The van der Waals surface area contributed by atoms with Crippen molar-refractivity contribution in [2.24, 2.45) is 11.7 Å². The molecule has 6 heterocycles. The van der Waals surface area contributed by atoms with E-state index in [4.69, 9.17) is 49.7 Å². The zero-order valence-electron chi connectivity index (χ0n) is 64.7. The number of aryl methyl sites for hydroxylation is 1. The van der Waals surface area contributed by atoms with Crippen molar-refractivity contribution in [1.82, 2.24) is 56.2 Å². The number of amidine groups is 1. The summed E-state index contributed by atoms with van der Waals surface area (Å²) < 4.78 is 40.8. The van der Waals surface area contributed by atoms with Crippen LogP contribution in [0.3, 0.4) is 0 Å². The summed E-state index contributed by atoms with van der Waals surface area (Å²) in [7, 11) is 3.15. The number of imide groups is 1. The molecule has 3 aromatic heterocycles. The van der Waals surface area contributed by atoms with Crippen molar-refractivity contribution in [3.8, 4) is 11.5 Å². The number of nitrogens with zero attached hydrogens (tertiary/aromatic N) is 5. The Balaban J connectivity index is 0.634. The Morgan fingerprint density at radius 3 is 2.07 bits per heavy atom. The molecule has 2 saturated heterocycles. The molecule has 1 unspecified atom stereocenters. The summed E-state index contributed by atoms with van der Waals surface area (Å²) >= 11 is 1.46. The lowest BCUT2D eigenvalue weighted by Gasteiger charge is -2.27. The van der Waals surface area contributed by atoms with Gasteiger partial charge in [-0.3, -0.25) is 54.2 Å². The number of likely N-dealkylation sites (tertiary alicyclic amines) is 2. The van der Waals surface area contributed by atoms with Crippen LogP contribution in [0, 0.1) is 23.7 Å². The Hall–Kier alpha value is -10.4. The molecule has 1 aliphatic carbocycles. The van der Waals surface area contributed by atoms with Crippen LogP contribution < -0.4 is 52.0 Å². The zero-order chi connectivity index (χ0) is 79.8. The van der Waals surface area contributed by atoms with Gasteiger partial charge in [-0.25, -0.2) is 9.59 Å². The van der Waals surface area contributed by atoms with Crippen LogP contribution >= 0.6 is 11.3 Å². The van der Waals surface area contributed by atoms with Crippen LogP contribution in [-0.2, 0) is 47.7 Å². The quantitative estimate of drug-likeness (QED) is 0.00755. The molecule has 6 aromatic rings. The molecular formula is C79H106N16O16S. The molecule has 604 valence electrons. The number of carbonyl (C=O) groups is 9. The van der Waals surface area contributed by atoms with Crippen LogP contribution in [0.25, 0.3) is 31.9 Å². The fourth-order valence-electron chi connectivity index (χ4n) is 13.6. The van der Waals surface area contributed by atoms with E-state index in [2.05, 4.69) is 53.7 Å². The highest BCUT2D eigenvalue weighted by molar-refractivity contribution is 7.17. The lowest BCUT2D eigenvalue weighted by Crippen LogP contribution is -2.55. The summed E-state index contributed by atoms with van der Waals surface area (Å²) in [5, 5.41) is 38.6. The number of rotatable bonds is 42. The number of hydrogen-bond acceptors (Lipinski definition) is 20. The first-order valence-corrected chi connectivity index (χ1v) is 39.3. The first-order chi connectivity index (χ1) is 54.0. The molecule has 10 rings (SSSR count). The molecule has 0 radical (unpaired) electrons. The van der Waals surface area contributed by atoms with Crippen molar-refractivity contribution in [2.45, 2.75) is 116 Å². The normalized spacial score (nSPS) is 15.4. The van der Waals surface area contributed by atoms with Gasteiger partial charge in [0.25, 0.3) is 11.8 Å². The second-order valence-electron chi connectivity index (χ2n) is 28.6. The Bertz CT molecular complexity index is 4410. The molecule has 3 aromatic carbocycles. The summed E-state index contributed by atoms with van der Waals surface area (Å²) in [5.74, 6) is -1.69. The van der Waals surface area contributed by atoms with E-state index in [-0.39, 0.29) is 138 Å². The molecule has 112 heavy (non-hydrogen) atoms. The number of fused-ring (bicyclic) bond motifs is 5. The largest absolute Gasteiger partial charge is 0.492 e. The number of ether oxygens (including phenoxy) is 7. The second-order valence-corrected chi connectivity index (χ2v) is 29.5. The number of H-pyrrole nitrogens is 2. The smallest absolute Gasteiger partial charge is 0.415 e. The van der Waals surface area contributed by atoms with Crippen LogP contribution in [0.1, 0.15) is 129 Å². The minimum atomic E-state index is -0.930. The molecule has 12 N–H and O–H groups in total. The third kappa shape index (κ3) is 23.6. The molecular weight excluding hydrogens is 1460 g/mol. The Kier molecular flexibility index (Phi) is 30.9. The standard InChI is InChI=1S/C79H106N16O16S/c1-7-52-46-95(76(102)62-44-53-41-56(16-18-58(53)88-62)86-74(100)61-43-54-42-57(17-19-59(54)87-61)109-34-31-93-26-8-9-27-93)63-45-64(72-69(70(52)63)50(4)48-112-72)111-79(104)92(6)30-29-91(5)78(103)110-47-51-12-14-55(15-13-51)85-73(80)60(11-10-24-84-77(81)82)89-75(101)71(49(2)3)90-66(97)23-32-105-35-37-107-39-40-108-38-36-106-33-25-83-65(96)22-28-94-67(98)20-21-68(94)99/h12,14,16-19,41-45,48-49,52,60,71,87-88H,7-11,13,15,20-40,46-47H2,1-6H3,(H2,80,85)(H,83,96)(H,86,100)(H,89,101)(H,90,97)(H4,81,82,84)/t52-,60?,71+/m1/s1. The van der Waals surface area contributed by atoms with Gasteiger partial charge in [-0.15, -0.1) is 11.3 Å². The zero-order valence-corrected chi connectivity index (χ0v) is 65.5. The Morgan fingerprint density at radius 2 is 1.38 bits per heavy atom. The van der Waals surface area contributed by atoms with Gasteiger partial charge in [-0.05, 0) is 148 Å². The van der Waals surface area contributed by atoms with Crippen LogP contribution in [0.2, 0.25) is 0 Å². The number of amides is 9. The number of nitrogens with one attached hydrogen (secondary N) is 10. The van der Waals surface area contributed by atoms with Crippen LogP contribution in [-0.4, -0.2) is 246 Å². The van der Waals surface area contributed by atoms with E-state index in [1.165, 1.54) is 34.0 Å². The van der Waals surface area contributed by atoms with Crippen molar-refractivity contribution in [1.29, 1.82) is 10.8 Å². The summed E-state index contributed by atoms with van der Waals surface area (Å²) in [6, 6.07) is 14.8. The molecule has 0 bridgehead atoms. The van der Waals surface area contributed by atoms with Crippen molar-refractivity contribution in [2.75, 3.05) is 149 Å². The van der Waals surface area contributed by atoms with Crippen LogP contribution in [0.5, 0.6) is 11.5 Å². The number of likely N-dealkylation sites (N-methyl/N-ethyl adjacent to an activating group) is 2. The van der Waals surface area contributed by atoms with E-state index in [1.807, 2.05) is 54.8 Å². The molecule has 9 amide bonds. The highest BCUT2D eigenvalue weighted by Gasteiger charge is 2.38. The minimum Gasteiger partial charge on any atom is -0.492 e. The fraction of sp³-hybridized carbons (Fsp3) is 0.506. The topological polar surface area (TPSA) is 412 Å². The molecule has 33 heteroatoms. The summed E-state index contributed by atoms with van der Waals surface area (Å²) in [5.41, 5.74) is 12.5. The number of aromatic amines is 2. The third-order valence-electron chi connectivity index (χ3n) is 20.0. The fourth-order valence-corrected chi connectivity index (χ4v) is 14.6. The van der Waals surface area contributed by atoms with Gasteiger partial charge in [0.05, 0.1) is 69.3 Å². The van der Waals surface area contributed by atoms with Gasteiger partial charge in [0.15, 0.2) is 11.7 Å². The van der Waals surface area contributed by atoms with Gasteiger partial charge in [0, 0.05) is 136 Å². The van der Waals surface area contributed by atoms with E-state index in [9.17, 15) is 43.2 Å². The summed E-state index contributed by atoms with van der Waals surface area (Å²) in [4.78, 5) is 133. The van der Waals surface area contributed by atoms with E-state index in [1.54, 1.807) is 57.1 Å². The Labute approximate surface area is 654 Å². The lowest BCUT2D eigenvalue weighted by atomic mass is 9.94. The SMILES string of the molecule is CC[C@@H]1CN(C(=O)c2cc3cc(NC(=O)c4cc5cc(OCCN6CCCC6)ccc5[nH]4)ccc3[nH]2)c2cc(OC(=O)N(C)CCN(C)C(=O)OCC3=CC=C(NC(=N)C(CCCNC(=N)N)NC(=O)[C@@H](NC(=O)CCOCCOCCOCCOCCNC(=O)CCN4C(=O)CCC4=O)C(C)C)CC3)c3scc(C)c3c21. The predicted octanol–water partition coefficient (Wildman–Crippen LogP) is 7.72.